The number of aryl methyl sites for hydroxylation is 2. The molecule has 2 aromatic rings. The summed E-state index contributed by atoms with van der Waals surface area (Å²) in [5.74, 6) is 2.59. The molecule has 0 spiro atoms. The van der Waals surface area contributed by atoms with Gasteiger partial charge in [-0.25, -0.2) is 0 Å². The molecule has 1 aromatic carbocycles. The van der Waals surface area contributed by atoms with Crippen molar-refractivity contribution in [2.24, 2.45) is 10.7 Å². The van der Waals surface area contributed by atoms with Crippen LogP contribution < -0.4 is 11.1 Å². The van der Waals surface area contributed by atoms with Crippen molar-refractivity contribution in [1.82, 2.24) is 14.8 Å². The first-order valence-corrected chi connectivity index (χ1v) is 8.83. The van der Waals surface area contributed by atoms with Crippen LogP contribution in [0.4, 0.5) is 5.69 Å². The van der Waals surface area contributed by atoms with Gasteiger partial charge in [0.25, 0.3) is 0 Å². The molecule has 2 heterocycles. The number of hydrogen-bond donors (Lipinski definition) is 2. The molecule has 1 aliphatic heterocycles. The molecule has 6 heteroatoms. The lowest BCUT2D eigenvalue weighted by Crippen LogP contribution is -2.23. The molecule has 0 saturated heterocycles. The monoisotopic (exact) mass is 326 g/mol. The lowest BCUT2D eigenvalue weighted by Gasteiger charge is -2.08. The van der Waals surface area contributed by atoms with E-state index in [1.165, 1.54) is 24.8 Å². The molecule has 1 aromatic heterocycles. The maximum Gasteiger partial charge on any atom is 0.193 e. The van der Waals surface area contributed by atoms with Crippen molar-refractivity contribution in [3.8, 4) is 0 Å². The first-order chi connectivity index (χ1) is 11.8. The van der Waals surface area contributed by atoms with E-state index in [1.54, 1.807) is 0 Å². The zero-order chi connectivity index (χ0) is 16.8. The third kappa shape index (κ3) is 4.13. The van der Waals surface area contributed by atoms with Gasteiger partial charge in [-0.05, 0) is 37.0 Å². The molecule has 0 amide bonds. The van der Waals surface area contributed by atoms with E-state index < -0.39 is 0 Å². The summed E-state index contributed by atoms with van der Waals surface area (Å²) < 4.78 is 2.26. The van der Waals surface area contributed by atoms with Crippen LogP contribution in [0.15, 0.2) is 29.3 Å². The molecule has 128 valence electrons. The van der Waals surface area contributed by atoms with Crippen molar-refractivity contribution in [3.05, 3.63) is 41.5 Å². The van der Waals surface area contributed by atoms with Crippen LogP contribution in [0.25, 0.3) is 0 Å². The Morgan fingerprint density at radius 1 is 1.29 bits per heavy atom. The number of hydrogen-bond acceptors (Lipinski definition) is 3. The van der Waals surface area contributed by atoms with Gasteiger partial charge in [-0.2, -0.15) is 0 Å². The molecule has 6 nitrogen and oxygen atoms in total. The van der Waals surface area contributed by atoms with E-state index in [9.17, 15) is 0 Å². The number of aromatic nitrogens is 3. The highest BCUT2D eigenvalue weighted by Crippen LogP contribution is 2.15. The topological polar surface area (TPSA) is 81.1 Å². The molecular weight excluding hydrogens is 300 g/mol. The van der Waals surface area contributed by atoms with Crippen LogP contribution >= 0.6 is 0 Å². The molecule has 0 aliphatic carbocycles. The molecular formula is C18H26N6. The van der Waals surface area contributed by atoms with Crippen molar-refractivity contribution in [2.75, 3.05) is 11.9 Å². The number of nitrogens with two attached hydrogens (primary N) is 1. The summed E-state index contributed by atoms with van der Waals surface area (Å²) in [5.41, 5.74) is 8.25. The summed E-state index contributed by atoms with van der Waals surface area (Å²) in [6, 6.07) is 8.23. The SMILES string of the molecule is CCc1cccc(NC(N)=NCCc2nnc3n2CCCCC3)c1. The van der Waals surface area contributed by atoms with Crippen LogP contribution in [-0.4, -0.2) is 27.3 Å². The van der Waals surface area contributed by atoms with Crippen LogP contribution in [0, 0.1) is 0 Å². The minimum atomic E-state index is 0.443. The Kier molecular flexibility index (Phi) is 5.46. The number of nitrogens with one attached hydrogen (secondary N) is 1. The van der Waals surface area contributed by atoms with Gasteiger partial charge in [0, 0.05) is 31.6 Å². The Balaban J connectivity index is 1.57. The summed E-state index contributed by atoms with van der Waals surface area (Å²) in [7, 11) is 0. The number of rotatable bonds is 5. The maximum absolute atomic E-state index is 6.00. The number of benzene rings is 1. The molecule has 0 fully saturated rings. The molecule has 0 radical (unpaired) electrons. The summed E-state index contributed by atoms with van der Waals surface area (Å²) >= 11 is 0. The molecule has 1 aliphatic rings. The van der Waals surface area contributed by atoms with E-state index in [1.807, 2.05) is 12.1 Å². The zero-order valence-corrected chi connectivity index (χ0v) is 14.3. The third-order valence-corrected chi connectivity index (χ3v) is 4.41. The lowest BCUT2D eigenvalue weighted by atomic mass is 10.1. The van der Waals surface area contributed by atoms with Gasteiger partial charge in [-0.1, -0.05) is 25.5 Å². The first kappa shape index (κ1) is 16.5. The van der Waals surface area contributed by atoms with Crippen molar-refractivity contribution in [3.63, 3.8) is 0 Å². The minimum absolute atomic E-state index is 0.443. The number of anilines is 1. The van der Waals surface area contributed by atoms with E-state index in [-0.39, 0.29) is 0 Å². The van der Waals surface area contributed by atoms with Crippen molar-refractivity contribution < 1.29 is 0 Å². The maximum atomic E-state index is 6.00. The fourth-order valence-electron chi connectivity index (χ4n) is 3.06. The largest absolute Gasteiger partial charge is 0.370 e. The van der Waals surface area contributed by atoms with Gasteiger partial charge in [-0.15, -0.1) is 10.2 Å². The average molecular weight is 326 g/mol. The average Bonchev–Trinajstić information content (AvgIpc) is 2.82. The Morgan fingerprint density at radius 2 is 2.21 bits per heavy atom. The second-order valence-corrected chi connectivity index (χ2v) is 6.19. The molecule has 0 atom stereocenters. The van der Waals surface area contributed by atoms with E-state index in [4.69, 9.17) is 5.73 Å². The van der Waals surface area contributed by atoms with Gasteiger partial charge in [0.05, 0.1) is 0 Å². The molecule has 0 unspecified atom stereocenters. The van der Waals surface area contributed by atoms with Gasteiger partial charge < -0.3 is 15.6 Å². The zero-order valence-electron chi connectivity index (χ0n) is 14.3. The van der Waals surface area contributed by atoms with Crippen molar-refractivity contribution in [1.29, 1.82) is 0 Å². The van der Waals surface area contributed by atoms with Crippen LogP contribution in [0.5, 0.6) is 0 Å². The Labute approximate surface area is 143 Å². The van der Waals surface area contributed by atoms with Crippen molar-refractivity contribution >= 4 is 11.6 Å². The number of nitrogens with zero attached hydrogens (tertiary/aromatic N) is 4. The molecule has 3 rings (SSSR count). The molecule has 0 bridgehead atoms. The van der Waals surface area contributed by atoms with Crippen LogP contribution in [-0.2, 0) is 25.8 Å². The predicted molar refractivity (Wildman–Crippen MR) is 97.2 cm³/mol. The quantitative estimate of drug-likeness (QED) is 0.653. The van der Waals surface area contributed by atoms with Gasteiger partial charge in [0.1, 0.15) is 11.6 Å². The minimum Gasteiger partial charge on any atom is -0.370 e. The summed E-state index contributed by atoms with van der Waals surface area (Å²) in [4.78, 5) is 4.42. The summed E-state index contributed by atoms with van der Waals surface area (Å²) in [6.07, 6.45) is 6.50. The highest BCUT2D eigenvalue weighted by Gasteiger charge is 2.13. The third-order valence-electron chi connectivity index (χ3n) is 4.41. The molecule has 24 heavy (non-hydrogen) atoms. The first-order valence-electron chi connectivity index (χ1n) is 8.83. The second-order valence-electron chi connectivity index (χ2n) is 6.19. The van der Waals surface area contributed by atoms with E-state index in [0.717, 1.165) is 43.1 Å². The second kappa shape index (κ2) is 7.95. The van der Waals surface area contributed by atoms with Crippen molar-refractivity contribution in [2.45, 2.75) is 52.0 Å². The van der Waals surface area contributed by atoms with E-state index in [0.29, 0.717) is 12.5 Å². The van der Waals surface area contributed by atoms with Gasteiger partial charge in [-0.3, -0.25) is 4.99 Å². The normalized spacial score (nSPS) is 15.0. The van der Waals surface area contributed by atoms with Gasteiger partial charge >= 0.3 is 0 Å². The Morgan fingerprint density at radius 3 is 3.08 bits per heavy atom. The Bertz CT molecular complexity index is 703. The van der Waals surface area contributed by atoms with Crippen LogP contribution in [0.2, 0.25) is 0 Å². The van der Waals surface area contributed by atoms with Gasteiger partial charge in [0.2, 0.25) is 0 Å². The molecule has 0 saturated carbocycles. The van der Waals surface area contributed by atoms with Crippen LogP contribution in [0.3, 0.4) is 0 Å². The number of fused-ring (bicyclic) bond motifs is 1. The predicted octanol–water partition coefficient (Wildman–Crippen LogP) is 2.54. The fourth-order valence-corrected chi connectivity index (χ4v) is 3.06. The lowest BCUT2D eigenvalue weighted by molar-refractivity contribution is 0.605. The highest BCUT2D eigenvalue weighted by atomic mass is 15.3. The smallest absolute Gasteiger partial charge is 0.193 e. The number of aliphatic imine (C=N–C) groups is 1. The fraction of sp³-hybridized carbons (Fsp3) is 0.500. The van der Waals surface area contributed by atoms with Crippen LogP contribution in [0.1, 0.15) is 43.4 Å². The van der Waals surface area contributed by atoms with Gasteiger partial charge in [0.15, 0.2) is 5.96 Å². The highest BCUT2D eigenvalue weighted by molar-refractivity contribution is 5.92. The standard InChI is InChI=1S/C18H26N6/c1-2-14-7-6-8-15(13-14)21-18(19)20-11-10-17-23-22-16-9-4-3-5-12-24(16)17/h6-8,13H,2-5,9-12H2,1H3,(H3,19,20,21). The summed E-state index contributed by atoms with van der Waals surface area (Å²) in [5, 5.41) is 11.8. The van der Waals surface area contributed by atoms with E-state index >= 15 is 0 Å². The summed E-state index contributed by atoms with van der Waals surface area (Å²) in [6.45, 7) is 3.78. The molecule has 3 N–H and O–H groups in total. The van der Waals surface area contributed by atoms with E-state index in [2.05, 4.69) is 44.1 Å². The Hall–Kier alpha value is -2.37. The number of guanidine groups is 1.